The van der Waals surface area contributed by atoms with E-state index in [0.29, 0.717) is 0 Å². The molecule has 0 aromatic heterocycles. The molecule has 5 heteroatoms. The van der Waals surface area contributed by atoms with Crippen molar-refractivity contribution in [3.63, 3.8) is 0 Å². The van der Waals surface area contributed by atoms with Crippen molar-refractivity contribution < 1.29 is 9.63 Å². The Morgan fingerprint density at radius 3 is 2.07 bits per heavy atom. The first-order valence-electron chi connectivity index (χ1n) is 11.2. The third-order valence-corrected chi connectivity index (χ3v) is 5.46. The first-order chi connectivity index (χ1) is 12.7. The number of hydrogen-bond donors (Lipinski definition) is 2. The topological polar surface area (TPSA) is 53.6 Å². The largest absolute Gasteiger partial charge is 0.338 e. The molecule has 2 N–H and O–H groups in total. The maximum atomic E-state index is 12.1. The smallest absolute Gasteiger partial charge is 0.315 e. The van der Waals surface area contributed by atoms with Crippen LogP contribution in [0, 0.1) is 0 Å². The van der Waals surface area contributed by atoms with Crippen molar-refractivity contribution in [1.82, 2.24) is 15.7 Å². The van der Waals surface area contributed by atoms with E-state index >= 15 is 0 Å². The van der Waals surface area contributed by atoms with Crippen LogP contribution in [0.3, 0.4) is 0 Å². The summed E-state index contributed by atoms with van der Waals surface area (Å²) in [7, 11) is 0. The molecule has 5 nitrogen and oxygen atoms in total. The van der Waals surface area contributed by atoms with Crippen molar-refractivity contribution in [3.05, 3.63) is 0 Å². The van der Waals surface area contributed by atoms with Gasteiger partial charge >= 0.3 is 6.03 Å². The molecule has 1 aliphatic rings. The van der Waals surface area contributed by atoms with Crippen molar-refractivity contribution in [2.75, 3.05) is 13.2 Å². The van der Waals surface area contributed by atoms with Crippen molar-refractivity contribution in [2.45, 2.75) is 123 Å². The lowest BCUT2D eigenvalue weighted by Gasteiger charge is -2.53. The number of nitrogens with one attached hydrogen (secondary N) is 2. The molecular formula is C22H45N3O2. The molecular weight excluding hydrogens is 338 g/mol. The Balaban J connectivity index is 2.45. The maximum Gasteiger partial charge on any atom is 0.315 e. The van der Waals surface area contributed by atoms with E-state index in [9.17, 15) is 4.79 Å². The van der Waals surface area contributed by atoms with Gasteiger partial charge in [0.2, 0.25) is 0 Å². The number of urea groups is 1. The van der Waals surface area contributed by atoms with E-state index in [1.54, 1.807) is 0 Å². The van der Waals surface area contributed by atoms with Crippen LogP contribution in [-0.2, 0) is 4.84 Å². The van der Waals surface area contributed by atoms with Crippen LogP contribution in [0.2, 0.25) is 0 Å². The Kier molecular flexibility index (Phi) is 10.7. The number of piperidine rings is 1. The summed E-state index contributed by atoms with van der Waals surface area (Å²) in [6.07, 6.45) is 11.6. The van der Waals surface area contributed by atoms with Crippen LogP contribution in [-0.4, -0.2) is 41.4 Å². The van der Waals surface area contributed by atoms with E-state index in [2.05, 4.69) is 57.2 Å². The molecule has 1 heterocycles. The van der Waals surface area contributed by atoms with E-state index in [-0.39, 0.29) is 23.2 Å². The number of rotatable bonds is 12. The fourth-order valence-corrected chi connectivity index (χ4v) is 4.37. The highest BCUT2D eigenvalue weighted by molar-refractivity contribution is 5.74. The van der Waals surface area contributed by atoms with Gasteiger partial charge in [-0.25, -0.2) is 4.79 Å². The molecule has 0 unspecified atom stereocenters. The fraction of sp³-hybridized carbons (Fsp3) is 0.955. The summed E-state index contributed by atoms with van der Waals surface area (Å²) in [5.41, 5.74) is -0.212. The Labute approximate surface area is 167 Å². The van der Waals surface area contributed by atoms with Crippen LogP contribution < -0.4 is 10.6 Å². The first-order valence-corrected chi connectivity index (χ1v) is 11.2. The van der Waals surface area contributed by atoms with E-state index in [1.807, 2.05) is 0 Å². The number of hydrogen-bond acceptors (Lipinski definition) is 3. The van der Waals surface area contributed by atoms with Gasteiger partial charge in [0.25, 0.3) is 0 Å². The summed E-state index contributed by atoms with van der Waals surface area (Å²) in [5.74, 6) is 0. The molecule has 0 aromatic carbocycles. The Morgan fingerprint density at radius 1 is 0.926 bits per heavy atom. The average molecular weight is 384 g/mol. The second-order valence-electron chi connectivity index (χ2n) is 9.38. The highest BCUT2D eigenvalue weighted by atomic mass is 16.7. The van der Waals surface area contributed by atoms with Crippen molar-refractivity contribution in [2.24, 2.45) is 0 Å². The maximum absolute atomic E-state index is 12.1. The number of amides is 2. The van der Waals surface area contributed by atoms with Gasteiger partial charge in [-0.1, -0.05) is 52.4 Å². The highest BCUT2D eigenvalue weighted by Gasteiger charge is 2.46. The van der Waals surface area contributed by atoms with E-state index in [1.165, 1.54) is 32.1 Å². The second-order valence-corrected chi connectivity index (χ2v) is 9.38. The minimum Gasteiger partial charge on any atom is -0.338 e. The van der Waals surface area contributed by atoms with Crippen LogP contribution in [0.4, 0.5) is 4.79 Å². The molecule has 0 atom stereocenters. The predicted octanol–water partition coefficient (Wildman–Crippen LogP) is 5.40. The third kappa shape index (κ3) is 8.82. The van der Waals surface area contributed by atoms with Crippen molar-refractivity contribution in [3.8, 4) is 0 Å². The minimum absolute atomic E-state index is 0.0403. The molecule has 27 heavy (non-hydrogen) atoms. The van der Waals surface area contributed by atoms with Gasteiger partial charge in [0.1, 0.15) is 0 Å². The standard InChI is InChI=1S/C22H45N3O2/c1-7-9-11-12-13-14-16-27-25-21(3,4)17-19(18-22(25,5)6)24-20(26)23-15-10-8-2/h19H,7-18H2,1-6H3,(H2,23,24,26). The molecule has 1 aliphatic heterocycles. The molecule has 1 rings (SSSR count). The summed E-state index contributed by atoms with van der Waals surface area (Å²) < 4.78 is 0. The van der Waals surface area contributed by atoms with Crippen LogP contribution >= 0.6 is 0 Å². The molecule has 0 saturated carbocycles. The van der Waals surface area contributed by atoms with Crippen LogP contribution in [0.1, 0.15) is 106 Å². The van der Waals surface area contributed by atoms with E-state index in [0.717, 1.165) is 45.3 Å². The summed E-state index contributed by atoms with van der Waals surface area (Å²) in [4.78, 5) is 18.4. The Bertz CT molecular complexity index is 406. The number of nitrogens with zero attached hydrogens (tertiary/aromatic N) is 1. The van der Waals surface area contributed by atoms with Gasteiger partial charge in [-0.3, -0.25) is 4.84 Å². The molecule has 0 bridgehead atoms. The van der Waals surface area contributed by atoms with Crippen molar-refractivity contribution >= 4 is 6.03 Å². The summed E-state index contributed by atoms with van der Waals surface area (Å²) in [5, 5.41) is 8.33. The average Bonchev–Trinajstić information content (AvgIpc) is 2.55. The van der Waals surface area contributed by atoms with Gasteiger partial charge in [-0.05, 0) is 53.4 Å². The molecule has 2 amide bonds. The number of unbranched alkanes of at least 4 members (excludes halogenated alkanes) is 6. The zero-order chi connectivity index (χ0) is 20.3. The Hall–Kier alpha value is -0.810. The van der Waals surface area contributed by atoms with Gasteiger partial charge in [0.15, 0.2) is 0 Å². The van der Waals surface area contributed by atoms with E-state index in [4.69, 9.17) is 4.84 Å². The van der Waals surface area contributed by atoms with Crippen LogP contribution in [0.5, 0.6) is 0 Å². The molecule has 1 fully saturated rings. The number of carbonyl (C=O) groups excluding carboxylic acids is 1. The molecule has 0 spiro atoms. The van der Waals surface area contributed by atoms with Gasteiger partial charge < -0.3 is 10.6 Å². The molecule has 160 valence electrons. The third-order valence-electron chi connectivity index (χ3n) is 5.46. The summed E-state index contributed by atoms with van der Waals surface area (Å²) >= 11 is 0. The van der Waals surface area contributed by atoms with E-state index < -0.39 is 0 Å². The first kappa shape index (κ1) is 24.2. The zero-order valence-corrected chi connectivity index (χ0v) is 18.8. The molecule has 0 aliphatic carbocycles. The summed E-state index contributed by atoms with van der Waals surface area (Å²) in [6.45, 7) is 14.8. The normalized spacial score (nSPS) is 19.8. The molecule has 1 saturated heterocycles. The van der Waals surface area contributed by atoms with Crippen LogP contribution in [0.25, 0.3) is 0 Å². The van der Waals surface area contributed by atoms with Gasteiger partial charge in [0, 0.05) is 23.7 Å². The molecule has 0 radical (unpaired) electrons. The number of hydroxylamine groups is 2. The van der Waals surface area contributed by atoms with Gasteiger partial charge in [-0.2, -0.15) is 5.06 Å². The second kappa shape index (κ2) is 11.9. The van der Waals surface area contributed by atoms with Gasteiger partial charge in [0.05, 0.1) is 6.61 Å². The monoisotopic (exact) mass is 383 g/mol. The Morgan fingerprint density at radius 2 is 1.48 bits per heavy atom. The zero-order valence-electron chi connectivity index (χ0n) is 18.8. The highest BCUT2D eigenvalue weighted by Crippen LogP contribution is 2.38. The van der Waals surface area contributed by atoms with Crippen LogP contribution in [0.15, 0.2) is 0 Å². The lowest BCUT2D eigenvalue weighted by molar-refractivity contribution is -0.284. The van der Waals surface area contributed by atoms with Gasteiger partial charge in [-0.15, -0.1) is 0 Å². The predicted molar refractivity (Wildman–Crippen MR) is 114 cm³/mol. The SMILES string of the molecule is CCCCCCCCON1C(C)(C)CC(NC(=O)NCCCC)CC1(C)C. The van der Waals surface area contributed by atoms with Crippen molar-refractivity contribution in [1.29, 1.82) is 0 Å². The molecule has 0 aromatic rings. The number of carbonyl (C=O) groups is 1. The summed E-state index contributed by atoms with van der Waals surface area (Å²) in [6, 6.07) is 0.131. The fourth-order valence-electron chi connectivity index (χ4n) is 4.37. The quantitative estimate of drug-likeness (QED) is 0.444. The minimum atomic E-state index is -0.106. The lowest BCUT2D eigenvalue weighted by Crippen LogP contribution is -2.64. The lowest BCUT2D eigenvalue weighted by atomic mass is 9.79.